The Morgan fingerprint density at radius 3 is 2.56 bits per heavy atom. The molecule has 10 heteroatoms. The van der Waals surface area contributed by atoms with Gasteiger partial charge in [-0.2, -0.15) is 8.42 Å². The first kappa shape index (κ1) is 18.8. The maximum absolute atomic E-state index is 13.0. The molecule has 0 aliphatic rings. The third-order valence-corrected chi connectivity index (χ3v) is 5.84. The molecule has 0 fully saturated rings. The summed E-state index contributed by atoms with van der Waals surface area (Å²) >= 11 is 1.07. The number of benzene rings is 2. The molecule has 1 heterocycles. The minimum Gasteiger partial charge on any atom is -0.497 e. The van der Waals surface area contributed by atoms with E-state index in [4.69, 9.17) is 4.74 Å². The topological polar surface area (TPSA) is 106 Å². The normalized spacial score (nSPS) is 11.2. The highest BCUT2D eigenvalue weighted by Crippen LogP contribution is 2.29. The Labute approximate surface area is 158 Å². The Hall–Kier alpha value is -2.98. The number of methoxy groups -OCH3 is 1. The van der Waals surface area contributed by atoms with Gasteiger partial charge >= 0.3 is 5.97 Å². The lowest BCUT2D eigenvalue weighted by Crippen LogP contribution is -2.16. The van der Waals surface area contributed by atoms with Gasteiger partial charge in [0.05, 0.1) is 18.4 Å². The van der Waals surface area contributed by atoms with E-state index in [0.29, 0.717) is 16.3 Å². The third kappa shape index (κ3) is 4.07. The van der Waals surface area contributed by atoms with E-state index < -0.39 is 21.8 Å². The van der Waals surface area contributed by atoms with Crippen LogP contribution in [0.1, 0.15) is 10.4 Å². The SMILES string of the molecule is COc1ccc(C(=O)O)c(NS(=O)(=O)c2csc(-c3ccc(F)cc3)n2)c1. The average Bonchev–Trinajstić information content (AvgIpc) is 3.12. The molecule has 2 N–H and O–H groups in total. The van der Waals surface area contributed by atoms with Crippen LogP contribution in [0.3, 0.4) is 0 Å². The number of halogens is 1. The maximum atomic E-state index is 13.0. The number of aromatic carboxylic acids is 1. The molecule has 3 rings (SSSR count). The number of nitrogens with zero attached hydrogens (tertiary/aromatic N) is 1. The van der Waals surface area contributed by atoms with Gasteiger partial charge in [0.25, 0.3) is 10.0 Å². The second-order valence-electron chi connectivity index (χ2n) is 5.32. The Morgan fingerprint density at radius 1 is 1.22 bits per heavy atom. The number of rotatable bonds is 6. The van der Waals surface area contributed by atoms with Crippen molar-refractivity contribution < 1.29 is 27.4 Å². The van der Waals surface area contributed by atoms with E-state index in [1.54, 1.807) is 0 Å². The van der Waals surface area contributed by atoms with E-state index in [1.165, 1.54) is 55.0 Å². The second-order valence-corrected chi connectivity index (χ2v) is 7.81. The van der Waals surface area contributed by atoms with Gasteiger partial charge < -0.3 is 9.84 Å². The van der Waals surface area contributed by atoms with Crippen LogP contribution in [0.25, 0.3) is 10.6 Å². The van der Waals surface area contributed by atoms with Gasteiger partial charge in [-0.3, -0.25) is 4.72 Å². The Morgan fingerprint density at radius 2 is 1.93 bits per heavy atom. The van der Waals surface area contributed by atoms with E-state index in [0.717, 1.165) is 11.3 Å². The van der Waals surface area contributed by atoms with Gasteiger partial charge in [-0.1, -0.05) is 0 Å². The van der Waals surface area contributed by atoms with Crippen LogP contribution in [0, 0.1) is 5.82 Å². The Bertz CT molecular complexity index is 1090. The molecule has 0 saturated carbocycles. The van der Waals surface area contributed by atoms with Crippen molar-refractivity contribution >= 4 is 33.0 Å². The standard InChI is InChI=1S/C17H13FN2O5S2/c1-25-12-6-7-13(17(21)22)14(8-12)20-27(23,24)15-9-26-16(19-15)10-2-4-11(18)5-3-10/h2-9,20H,1H3,(H,21,22). The highest BCUT2D eigenvalue weighted by atomic mass is 32.2. The van der Waals surface area contributed by atoms with E-state index in [-0.39, 0.29) is 16.3 Å². The number of aromatic nitrogens is 1. The van der Waals surface area contributed by atoms with Crippen molar-refractivity contribution in [2.75, 3.05) is 11.8 Å². The lowest BCUT2D eigenvalue weighted by molar-refractivity contribution is 0.0698. The molecule has 0 atom stereocenters. The summed E-state index contributed by atoms with van der Waals surface area (Å²) in [7, 11) is -2.75. The van der Waals surface area contributed by atoms with Crippen molar-refractivity contribution in [2.24, 2.45) is 0 Å². The van der Waals surface area contributed by atoms with E-state index in [9.17, 15) is 22.7 Å². The summed E-state index contributed by atoms with van der Waals surface area (Å²) in [6.45, 7) is 0. The Balaban J connectivity index is 1.94. The predicted molar refractivity (Wildman–Crippen MR) is 98.3 cm³/mol. The number of nitrogens with one attached hydrogen (secondary N) is 1. The first-order chi connectivity index (χ1) is 12.8. The zero-order chi connectivity index (χ0) is 19.6. The van der Waals surface area contributed by atoms with E-state index >= 15 is 0 Å². The summed E-state index contributed by atoms with van der Waals surface area (Å²) in [5.41, 5.74) is 0.196. The van der Waals surface area contributed by atoms with Crippen molar-refractivity contribution in [1.82, 2.24) is 4.98 Å². The van der Waals surface area contributed by atoms with Gasteiger partial charge in [-0.15, -0.1) is 11.3 Å². The van der Waals surface area contributed by atoms with Gasteiger partial charge in [0.2, 0.25) is 0 Å². The number of carboxylic acid groups (broad SMARTS) is 1. The zero-order valence-electron chi connectivity index (χ0n) is 13.8. The Kier molecular flexibility index (Phi) is 5.10. The van der Waals surface area contributed by atoms with Crippen molar-refractivity contribution in [3.8, 4) is 16.3 Å². The van der Waals surface area contributed by atoms with Gasteiger partial charge in [-0.25, -0.2) is 14.2 Å². The molecule has 0 amide bonds. The first-order valence-corrected chi connectivity index (χ1v) is 9.82. The van der Waals surface area contributed by atoms with Crippen LogP contribution in [0.5, 0.6) is 5.75 Å². The number of hydrogen-bond donors (Lipinski definition) is 2. The molecule has 2 aromatic carbocycles. The third-order valence-electron chi connectivity index (χ3n) is 3.55. The first-order valence-electron chi connectivity index (χ1n) is 7.46. The van der Waals surface area contributed by atoms with Gasteiger partial charge in [0.15, 0.2) is 5.03 Å². The van der Waals surface area contributed by atoms with Crippen molar-refractivity contribution in [3.63, 3.8) is 0 Å². The van der Waals surface area contributed by atoms with Crippen molar-refractivity contribution in [3.05, 3.63) is 59.2 Å². The van der Waals surface area contributed by atoms with Crippen LogP contribution < -0.4 is 9.46 Å². The van der Waals surface area contributed by atoms with Crippen molar-refractivity contribution in [1.29, 1.82) is 0 Å². The zero-order valence-corrected chi connectivity index (χ0v) is 15.5. The van der Waals surface area contributed by atoms with E-state index in [1.807, 2.05) is 0 Å². The lowest BCUT2D eigenvalue weighted by atomic mass is 10.2. The number of sulfonamides is 1. The smallest absolute Gasteiger partial charge is 0.337 e. The number of hydrogen-bond acceptors (Lipinski definition) is 6. The van der Waals surface area contributed by atoms with Crippen LogP contribution in [-0.2, 0) is 10.0 Å². The molecule has 0 bridgehead atoms. The molecule has 0 aliphatic carbocycles. The van der Waals surface area contributed by atoms with E-state index in [2.05, 4.69) is 9.71 Å². The lowest BCUT2D eigenvalue weighted by Gasteiger charge is -2.10. The number of anilines is 1. The summed E-state index contributed by atoms with van der Waals surface area (Å²) in [6, 6.07) is 9.40. The average molecular weight is 408 g/mol. The minimum absolute atomic E-state index is 0.141. The fraction of sp³-hybridized carbons (Fsp3) is 0.0588. The second kappa shape index (κ2) is 7.33. The van der Waals surface area contributed by atoms with Gasteiger partial charge in [-0.05, 0) is 36.4 Å². The fourth-order valence-electron chi connectivity index (χ4n) is 2.23. The molecule has 0 spiro atoms. The summed E-state index contributed by atoms with van der Waals surface area (Å²) in [4.78, 5) is 15.4. The van der Waals surface area contributed by atoms with Crippen molar-refractivity contribution in [2.45, 2.75) is 5.03 Å². The molecule has 3 aromatic rings. The quantitative estimate of drug-likeness (QED) is 0.647. The molecule has 1 aromatic heterocycles. The number of carboxylic acids is 1. The highest BCUT2D eigenvalue weighted by molar-refractivity contribution is 7.92. The molecule has 27 heavy (non-hydrogen) atoms. The molecule has 0 unspecified atom stereocenters. The molecule has 0 radical (unpaired) electrons. The van der Waals surface area contributed by atoms with Crippen LogP contribution >= 0.6 is 11.3 Å². The fourth-order valence-corrected chi connectivity index (χ4v) is 4.40. The van der Waals surface area contributed by atoms with Crippen LogP contribution in [0.2, 0.25) is 0 Å². The van der Waals surface area contributed by atoms with Crippen LogP contribution in [0.4, 0.5) is 10.1 Å². The number of thiazole rings is 1. The summed E-state index contributed by atoms with van der Waals surface area (Å²) in [5, 5.41) is 10.7. The summed E-state index contributed by atoms with van der Waals surface area (Å²) in [6.07, 6.45) is 0. The molecule has 0 saturated heterocycles. The molecular weight excluding hydrogens is 395 g/mol. The van der Waals surface area contributed by atoms with Crippen LogP contribution in [0.15, 0.2) is 52.9 Å². The minimum atomic E-state index is -4.13. The summed E-state index contributed by atoms with van der Waals surface area (Å²) < 4.78 is 45.5. The maximum Gasteiger partial charge on any atom is 0.337 e. The van der Waals surface area contributed by atoms with Gasteiger partial charge in [0.1, 0.15) is 16.6 Å². The van der Waals surface area contributed by atoms with Crippen LogP contribution in [-0.4, -0.2) is 31.6 Å². The van der Waals surface area contributed by atoms with Gasteiger partial charge in [0, 0.05) is 17.0 Å². The molecular formula is C17H13FN2O5S2. The highest BCUT2D eigenvalue weighted by Gasteiger charge is 2.22. The number of ether oxygens (including phenoxy) is 1. The molecule has 140 valence electrons. The largest absolute Gasteiger partial charge is 0.497 e. The monoisotopic (exact) mass is 408 g/mol. The molecule has 0 aliphatic heterocycles. The number of carbonyl (C=O) groups is 1. The summed E-state index contributed by atoms with van der Waals surface area (Å²) in [5.74, 6) is -1.41. The molecule has 7 nitrogen and oxygen atoms in total. The predicted octanol–water partition coefficient (Wildman–Crippen LogP) is 3.46.